The van der Waals surface area contributed by atoms with Crippen molar-refractivity contribution >= 4 is 28.1 Å². The molecule has 1 aliphatic heterocycles. The molecule has 2 atom stereocenters. The molecule has 0 radical (unpaired) electrons. The van der Waals surface area contributed by atoms with Crippen molar-refractivity contribution in [3.8, 4) is 6.07 Å². The quantitative estimate of drug-likeness (QED) is 0.900. The Balaban J connectivity index is 2.00. The van der Waals surface area contributed by atoms with Gasteiger partial charge in [-0.1, -0.05) is 16.8 Å². The Morgan fingerprint density at radius 2 is 2.40 bits per heavy atom. The molecule has 1 fully saturated rings. The summed E-state index contributed by atoms with van der Waals surface area (Å²) >= 11 is 7.02. The molecule has 9 heteroatoms. The summed E-state index contributed by atoms with van der Waals surface area (Å²) in [5.41, 5.74) is 0.312. The molecule has 0 amide bonds. The fraction of sp³-hybridized carbons (Fsp3) is 0.455. The first-order valence-electron chi connectivity index (χ1n) is 5.90. The summed E-state index contributed by atoms with van der Waals surface area (Å²) in [6.45, 7) is 2.10. The summed E-state index contributed by atoms with van der Waals surface area (Å²) < 4.78 is 9.17. The van der Waals surface area contributed by atoms with E-state index in [1.165, 1.54) is 0 Å². The number of anilines is 1. The minimum Gasteiger partial charge on any atom is -0.391 e. The molecular formula is C11H10ClN5O2S. The number of hydrogen-bond acceptors (Lipinski definition) is 8. The van der Waals surface area contributed by atoms with Gasteiger partial charge in [0.15, 0.2) is 11.0 Å². The van der Waals surface area contributed by atoms with Crippen molar-refractivity contribution in [2.24, 2.45) is 0 Å². The van der Waals surface area contributed by atoms with Crippen LogP contribution in [0.3, 0.4) is 0 Å². The van der Waals surface area contributed by atoms with Crippen LogP contribution in [0.1, 0.15) is 29.7 Å². The molecule has 20 heavy (non-hydrogen) atoms. The maximum absolute atomic E-state index is 9.91. The van der Waals surface area contributed by atoms with Gasteiger partial charge in [0.25, 0.3) is 0 Å². The monoisotopic (exact) mass is 311 g/mol. The summed E-state index contributed by atoms with van der Waals surface area (Å²) in [5.74, 6) is 0.955. The maximum Gasteiger partial charge on any atom is 0.249 e. The minimum absolute atomic E-state index is 0.175. The molecule has 3 heterocycles. The molecule has 0 spiro atoms. The molecule has 0 bridgehead atoms. The number of hydrogen-bond donors (Lipinski definition) is 1. The lowest BCUT2D eigenvalue weighted by Gasteiger charge is -2.21. The molecule has 0 aliphatic carbocycles. The van der Waals surface area contributed by atoms with Crippen molar-refractivity contribution in [2.75, 3.05) is 11.4 Å². The number of halogens is 1. The van der Waals surface area contributed by atoms with Crippen molar-refractivity contribution in [1.82, 2.24) is 14.5 Å². The number of nitriles is 1. The highest BCUT2D eigenvalue weighted by atomic mass is 35.5. The van der Waals surface area contributed by atoms with E-state index in [9.17, 15) is 5.11 Å². The van der Waals surface area contributed by atoms with E-state index in [4.69, 9.17) is 21.4 Å². The van der Waals surface area contributed by atoms with Crippen molar-refractivity contribution < 1.29 is 9.63 Å². The number of aliphatic hydroxyl groups excluding tert-OH is 1. The first-order chi connectivity index (χ1) is 9.60. The van der Waals surface area contributed by atoms with Crippen LogP contribution in [0.5, 0.6) is 0 Å². The summed E-state index contributed by atoms with van der Waals surface area (Å²) in [4.78, 5) is 6.05. The third-order valence-electron chi connectivity index (χ3n) is 3.11. The predicted octanol–water partition coefficient (Wildman–Crippen LogP) is 1.67. The molecule has 1 saturated heterocycles. The van der Waals surface area contributed by atoms with Crippen molar-refractivity contribution in [3.63, 3.8) is 0 Å². The van der Waals surface area contributed by atoms with Gasteiger partial charge in [0.2, 0.25) is 5.89 Å². The van der Waals surface area contributed by atoms with E-state index in [-0.39, 0.29) is 11.2 Å². The lowest BCUT2D eigenvalue weighted by atomic mass is 10.2. The third-order valence-corrected chi connectivity index (χ3v) is 4.37. The number of aryl methyl sites for hydroxylation is 1. The van der Waals surface area contributed by atoms with Gasteiger partial charge < -0.3 is 14.5 Å². The van der Waals surface area contributed by atoms with Gasteiger partial charge in [0.1, 0.15) is 22.7 Å². The molecule has 104 valence electrons. The van der Waals surface area contributed by atoms with E-state index in [1.54, 1.807) is 6.92 Å². The highest BCUT2D eigenvalue weighted by Gasteiger charge is 2.38. The van der Waals surface area contributed by atoms with Crippen LogP contribution >= 0.6 is 23.1 Å². The molecule has 1 aliphatic rings. The largest absolute Gasteiger partial charge is 0.391 e. The summed E-state index contributed by atoms with van der Waals surface area (Å²) in [5, 5.41) is 23.6. The van der Waals surface area contributed by atoms with E-state index in [2.05, 4.69) is 14.5 Å². The highest BCUT2D eigenvalue weighted by Crippen LogP contribution is 2.41. The zero-order valence-corrected chi connectivity index (χ0v) is 12.0. The third kappa shape index (κ3) is 2.14. The standard InChI is InChI=1S/C11H10ClN5O2S/c1-5-14-10(19-15-5)8-2-6(18)4-17(8)11-7(3-13)9(12)16-20-11/h6,8,18H,2,4H2,1H3/t6-,8-/m1/s1. The smallest absolute Gasteiger partial charge is 0.249 e. The number of nitrogens with zero attached hydrogens (tertiary/aromatic N) is 5. The lowest BCUT2D eigenvalue weighted by molar-refractivity contribution is 0.191. The summed E-state index contributed by atoms with van der Waals surface area (Å²) in [6, 6.07) is 1.77. The predicted molar refractivity (Wildman–Crippen MR) is 71.6 cm³/mol. The number of β-amino-alcohol motifs (C(OH)–C–C–N with tert-alkyl or cyclic N) is 1. The fourth-order valence-electron chi connectivity index (χ4n) is 2.27. The highest BCUT2D eigenvalue weighted by molar-refractivity contribution is 7.10. The van der Waals surface area contributed by atoms with Crippen molar-refractivity contribution in [3.05, 3.63) is 22.4 Å². The molecule has 2 aromatic rings. The Labute approximate surface area is 123 Å². The average molecular weight is 312 g/mol. The second-order valence-electron chi connectivity index (χ2n) is 4.50. The normalized spacial score (nSPS) is 22.2. The SMILES string of the molecule is Cc1noc([C@H]2C[C@@H](O)CN2c2snc(Cl)c2C#N)n1. The summed E-state index contributed by atoms with van der Waals surface area (Å²) in [7, 11) is 0. The number of aliphatic hydroxyl groups is 1. The second kappa shape index (κ2) is 5.01. The lowest BCUT2D eigenvalue weighted by Crippen LogP contribution is -2.24. The van der Waals surface area contributed by atoms with Gasteiger partial charge in [-0.05, 0) is 18.5 Å². The Hall–Kier alpha value is -1.69. The van der Waals surface area contributed by atoms with Crippen LogP contribution in [0.4, 0.5) is 5.00 Å². The Bertz CT molecular complexity index is 679. The van der Waals surface area contributed by atoms with Gasteiger partial charge in [-0.2, -0.15) is 14.6 Å². The molecule has 0 unspecified atom stereocenters. The van der Waals surface area contributed by atoms with Crippen LogP contribution in [0.25, 0.3) is 0 Å². The second-order valence-corrected chi connectivity index (χ2v) is 5.61. The van der Waals surface area contributed by atoms with E-state index >= 15 is 0 Å². The first kappa shape index (κ1) is 13.3. The van der Waals surface area contributed by atoms with Crippen LogP contribution in [-0.4, -0.2) is 32.3 Å². The van der Waals surface area contributed by atoms with Crippen LogP contribution in [0.2, 0.25) is 5.15 Å². The van der Waals surface area contributed by atoms with Crippen molar-refractivity contribution in [2.45, 2.75) is 25.5 Å². The molecule has 7 nitrogen and oxygen atoms in total. The topological polar surface area (TPSA) is 99.1 Å². The molecule has 3 rings (SSSR count). The van der Waals surface area contributed by atoms with Crippen LogP contribution in [0.15, 0.2) is 4.52 Å². The van der Waals surface area contributed by atoms with Crippen molar-refractivity contribution in [1.29, 1.82) is 5.26 Å². The average Bonchev–Trinajstić information content (AvgIpc) is 3.08. The van der Waals surface area contributed by atoms with E-state index < -0.39 is 6.10 Å². The molecule has 1 N–H and O–H groups in total. The van der Waals surface area contributed by atoms with Crippen LogP contribution in [-0.2, 0) is 0 Å². The van der Waals surface area contributed by atoms with E-state index in [0.29, 0.717) is 35.2 Å². The van der Waals surface area contributed by atoms with Gasteiger partial charge >= 0.3 is 0 Å². The van der Waals surface area contributed by atoms with Crippen LogP contribution < -0.4 is 4.90 Å². The maximum atomic E-state index is 9.91. The number of aromatic nitrogens is 3. The molecule has 0 aromatic carbocycles. The fourth-order valence-corrected chi connectivity index (χ4v) is 3.36. The zero-order valence-electron chi connectivity index (χ0n) is 10.4. The molecule has 2 aromatic heterocycles. The Kier molecular flexibility index (Phi) is 3.33. The Morgan fingerprint density at radius 1 is 1.60 bits per heavy atom. The van der Waals surface area contributed by atoms with E-state index in [0.717, 1.165) is 11.5 Å². The van der Waals surface area contributed by atoms with Gasteiger partial charge in [0, 0.05) is 13.0 Å². The van der Waals surface area contributed by atoms with Gasteiger partial charge in [0.05, 0.1) is 6.10 Å². The first-order valence-corrected chi connectivity index (χ1v) is 7.05. The van der Waals surface area contributed by atoms with Gasteiger partial charge in [-0.15, -0.1) is 0 Å². The zero-order chi connectivity index (χ0) is 14.3. The molecule has 0 saturated carbocycles. The van der Waals surface area contributed by atoms with Crippen LogP contribution in [0, 0.1) is 18.3 Å². The van der Waals surface area contributed by atoms with Gasteiger partial charge in [-0.25, -0.2) is 0 Å². The summed E-state index contributed by atoms with van der Waals surface area (Å²) in [6.07, 6.45) is -0.0678. The minimum atomic E-state index is -0.528. The Morgan fingerprint density at radius 3 is 3.05 bits per heavy atom. The molecular weight excluding hydrogens is 302 g/mol. The van der Waals surface area contributed by atoms with E-state index in [1.807, 2.05) is 11.0 Å². The van der Waals surface area contributed by atoms with Gasteiger partial charge in [-0.3, -0.25) is 0 Å². The number of rotatable bonds is 2.